The van der Waals surface area contributed by atoms with Crippen molar-refractivity contribution in [2.24, 2.45) is 0 Å². The SMILES string of the molecule is CN(Cc1cccnc1)c1ccc(C#N)nc1. The first-order chi connectivity index (χ1) is 8.29. The summed E-state index contributed by atoms with van der Waals surface area (Å²) in [6.45, 7) is 0.765. The molecule has 2 aromatic rings. The van der Waals surface area contributed by atoms with Crippen molar-refractivity contribution < 1.29 is 0 Å². The minimum atomic E-state index is 0.434. The van der Waals surface area contributed by atoms with Gasteiger partial charge in [0.15, 0.2) is 0 Å². The number of rotatable bonds is 3. The average molecular weight is 224 g/mol. The van der Waals surface area contributed by atoms with Crippen LogP contribution >= 0.6 is 0 Å². The molecule has 0 aliphatic heterocycles. The summed E-state index contributed by atoms with van der Waals surface area (Å²) in [5, 5.41) is 8.67. The Hall–Kier alpha value is -2.41. The molecule has 84 valence electrons. The predicted octanol–water partition coefficient (Wildman–Crippen LogP) is 1.98. The Balaban J connectivity index is 2.10. The number of aromatic nitrogens is 2. The quantitative estimate of drug-likeness (QED) is 0.800. The highest BCUT2D eigenvalue weighted by Gasteiger charge is 2.02. The van der Waals surface area contributed by atoms with E-state index in [4.69, 9.17) is 5.26 Å². The van der Waals surface area contributed by atoms with Crippen molar-refractivity contribution in [1.82, 2.24) is 9.97 Å². The summed E-state index contributed by atoms with van der Waals surface area (Å²) in [5.41, 5.74) is 2.55. The fourth-order valence-electron chi connectivity index (χ4n) is 1.53. The molecule has 0 radical (unpaired) electrons. The van der Waals surface area contributed by atoms with Crippen LogP contribution in [0.2, 0.25) is 0 Å². The van der Waals surface area contributed by atoms with Gasteiger partial charge in [0, 0.05) is 26.0 Å². The van der Waals surface area contributed by atoms with Gasteiger partial charge in [0.05, 0.1) is 11.9 Å². The standard InChI is InChI=1S/C13H12N4/c1-17(10-11-3-2-6-15-8-11)13-5-4-12(7-14)16-9-13/h2-6,8-9H,10H2,1H3. The van der Waals surface area contributed by atoms with Crippen molar-refractivity contribution in [3.8, 4) is 6.07 Å². The molecule has 17 heavy (non-hydrogen) atoms. The van der Waals surface area contributed by atoms with Crippen LogP contribution in [0.1, 0.15) is 11.3 Å². The van der Waals surface area contributed by atoms with Gasteiger partial charge in [-0.15, -0.1) is 0 Å². The van der Waals surface area contributed by atoms with E-state index >= 15 is 0 Å². The maximum atomic E-state index is 8.67. The zero-order valence-electron chi connectivity index (χ0n) is 9.54. The van der Waals surface area contributed by atoms with Gasteiger partial charge in [-0.2, -0.15) is 5.26 Å². The van der Waals surface area contributed by atoms with Crippen molar-refractivity contribution >= 4 is 5.69 Å². The summed E-state index contributed by atoms with van der Waals surface area (Å²) < 4.78 is 0. The van der Waals surface area contributed by atoms with Gasteiger partial charge in [-0.25, -0.2) is 4.98 Å². The van der Waals surface area contributed by atoms with E-state index in [1.807, 2.05) is 37.5 Å². The topological polar surface area (TPSA) is 52.8 Å². The number of nitriles is 1. The maximum Gasteiger partial charge on any atom is 0.140 e. The van der Waals surface area contributed by atoms with E-state index in [0.717, 1.165) is 17.8 Å². The first-order valence-electron chi connectivity index (χ1n) is 5.26. The number of hydrogen-bond acceptors (Lipinski definition) is 4. The highest BCUT2D eigenvalue weighted by atomic mass is 15.1. The third-order valence-electron chi connectivity index (χ3n) is 2.45. The highest BCUT2D eigenvalue weighted by Crippen LogP contribution is 2.13. The smallest absolute Gasteiger partial charge is 0.140 e. The molecule has 0 saturated heterocycles. The van der Waals surface area contributed by atoms with Crippen molar-refractivity contribution in [3.63, 3.8) is 0 Å². The van der Waals surface area contributed by atoms with Crippen LogP contribution in [0.4, 0.5) is 5.69 Å². The van der Waals surface area contributed by atoms with Crippen LogP contribution in [0.25, 0.3) is 0 Å². The molecular weight excluding hydrogens is 212 g/mol. The van der Waals surface area contributed by atoms with Crippen LogP contribution in [0.5, 0.6) is 0 Å². The Morgan fingerprint density at radius 3 is 2.76 bits per heavy atom. The van der Waals surface area contributed by atoms with E-state index < -0.39 is 0 Å². The summed E-state index contributed by atoms with van der Waals surface area (Å²) in [7, 11) is 1.98. The van der Waals surface area contributed by atoms with Crippen LogP contribution < -0.4 is 4.90 Å². The Morgan fingerprint density at radius 2 is 2.18 bits per heavy atom. The molecule has 0 spiro atoms. The molecule has 0 unspecified atom stereocenters. The van der Waals surface area contributed by atoms with E-state index in [-0.39, 0.29) is 0 Å². The Morgan fingerprint density at radius 1 is 1.29 bits per heavy atom. The molecule has 0 saturated carbocycles. The van der Waals surface area contributed by atoms with E-state index in [1.54, 1.807) is 18.5 Å². The van der Waals surface area contributed by atoms with Gasteiger partial charge in [-0.3, -0.25) is 4.98 Å². The van der Waals surface area contributed by atoms with Gasteiger partial charge < -0.3 is 4.90 Å². The summed E-state index contributed by atoms with van der Waals surface area (Å²) in [6.07, 6.45) is 5.30. The second-order valence-electron chi connectivity index (χ2n) is 3.73. The predicted molar refractivity (Wildman–Crippen MR) is 65.3 cm³/mol. The Kier molecular flexibility index (Phi) is 3.31. The summed E-state index contributed by atoms with van der Waals surface area (Å²) >= 11 is 0. The molecule has 2 aromatic heterocycles. The fourth-order valence-corrected chi connectivity index (χ4v) is 1.53. The minimum absolute atomic E-state index is 0.434. The van der Waals surface area contributed by atoms with Crippen molar-refractivity contribution in [2.75, 3.05) is 11.9 Å². The summed E-state index contributed by atoms with van der Waals surface area (Å²) in [6, 6.07) is 9.56. The van der Waals surface area contributed by atoms with Crippen LogP contribution in [-0.4, -0.2) is 17.0 Å². The van der Waals surface area contributed by atoms with E-state index in [0.29, 0.717) is 5.69 Å². The number of anilines is 1. The Bertz CT molecular complexity index is 513. The number of nitrogens with zero attached hydrogens (tertiary/aromatic N) is 4. The number of hydrogen-bond donors (Lipinski definition) is 0. The number of pyridine rings is 2. The first kappa shape index (κ1) is 11.1. The maximum absolute atomic E-state index is 8.67. The van der Waals surface area contributed by atoms with Crippen molar-refractivity contribution in [1.29, 1.82) is 5.26 Å². The van der Waals surface area contributed by atoms with Gasteiger partial charge in [-0.1, -0.05) is 6.07 Å². The monoisotopic (exact) mass is 224 g/mol. The van der Waals surface area contributed by atoms with Crippen molar-refractivity contribution in [2.45, 2.75) is 6.54 Å². The minimum Gasteiger partial charge on any atom is -0.369 e. The molecular formula is C13H12N4. The zero-order valence-corrected chi connectivity index (χ0v) is 9.54. The van der Waals surface area contributed by atoms with E-state index in [9.17, 15) is 0 Å². The van der Waals surface area contributed by atoms with E-state index in [1.165, 1.54) is 0 Å². The molecule has 0 fully saturated rings. The van der Waals surface area contributed by atoms with Gasteiger partial charge in [0.1, 0.15) is 11.8 Å². The molecule has 0 aliphatic carbocycles. The van der Waals surface area contributed by atoms with Crippen LogP contribution in [0.15, 0.2) is 42.9 Å². The second-order valence-corrected chi connectivity index (χ2v) is 3.73. The third kappa shape index (κ3) is 2.79. The molecule has 2 rings (SSSR count). The largest absolute Gasteiger partial charge is 0.369 e. The zero-order chi connectivity index (χ0) is 12.1. The highest BCUT2D eigenvalue weighted by molar-refractivity contribution is 5.45. The van der Waals surface area contributed by atoms with E-state index in [2.05, 4.69) is 14.9 Å². The van der Waals surface area contributed by atoms with Crippen LogP contribution in [0.3, 0.4) is 0 Å². The molecule has 2 heterocycles. The van der Waals surface area contributed by atoms with Crippen LogP contribution in [0, 0.1) is 11.3 Å². The van der Waals surface area contributed by atoms with Gasteiger partial charge in [0.25, 0.3) is 0 Å². The van der Waals surface area contributed by atoms with Gasteiger partial charge in [-0.05, 0) is 23.8 Å². The lowest BCUT2D eigenvalue weighted by atomic mass is 10.2. The molecule has 4 nitrogen and oxygen atoms in total. The second kappa shape index (κ2) is 5.08. The lowest BCUT2D eigenvalue weighted by Crippen LogP contribution is -2.16. The summed E-state index contributed by atoms with van der Waals surface area (Å²) in [4.78, 5) is 10.2. The van der Waals surface area contributed by atoms with Gasteiger partial charge >= 0.3 is 0 Å². The molecule has 4 heteroatoms. The molecule has 0 aliphatic rings. The summed E-state index contributed by atoms with van der Waals surface area (Å²) in [5.74, 6) is 0. The molecule has 0 atom stereocenters. The van der Waals surface area contributed by atoms with Crippen LogP contribution in [-0.2, 0) is 6.54 Å². The average Bonchev–Trinajstić information content (AvgIpc) is 2.40. The lowest BCUT2D eigenvalue weighted by molar-refractivity contribution is 0.910. The normalized spacial score (nSPS) is 9.65. The fraction of sp³-hybridized carbons (Fsp3) is 0.154. The lowest BCUT2D eigenvalue weighted by Gasteiger charge is -2.18. The third-order valence-corrected chi connectivity index (χ3v) is 2.45. The van der Waals surface area contributed by atoms with Crippen molar-refractivity contribution in [3.05, 3.63) is 54.1 Å². The van der Waals surface area contributed by atoms with Gasteiger partial charge in [0.2, 0.25) is 0 Å². The molecule has 0 amide bonds. The molecule has 0 bridgehead atoms. The Labute approximate surface area is 100 Å². The first-order valence-corrected chi connectivity index (χ1v) is 5.26. The molecule has 0 aromatic carbocycles. The molecule has 0 N–H and O–H groups in total.